The Labute approximate surface area is 176 Å². The smallest absolute Gasteiger partial charge is 0.343 e. The van der Waals surface area contributed by atoms with Crippen molar-refractivity contribution in [3.63, 3.8) is 0 Å². The van der Waals surface area contributed by atoms with E-state index in [1.807, 2.05) is 0 Å². The first-order valence-corrected chi connectivity index (χ1v) is 10.3. The first-order chi connectivity index (χ1) is 14.3. The van der Waals surface area contributed by atoms with Crippen LogP contribution in [0.1, 0.15) is 27.7 Å². The van der Waals surface area contributed by atoms with Gasteiger partial charge in [-0.1, -0.05) is 20.8 Å². The summed E-state index contributed by atoms with van der Waals surface area (Å²) in [4.78, 5) is 38.4. The predicted molar refractivity (Wildman–Crippen MR) is 93.4 cm³/mol. The SMILES string of the molecule is C[C@@H]1C(=O)O[C@H]2[C@H](O)C34C5OC(=O)[C@@]3(OC(O)C43[C@@H](O)C(=O)O[C@H]5[C@H]3C(C)(C)C)[C@@]12O. The number of carbonyl (C=O) groups is 3. The summed E-state index contributed by atoms with van der Waals surface area (Å²) in [5, 5.41) is 46.0. The number of hydrogen-bond donors (Lipinski definition) is 4. The van der Waals surface area contributed by atoms with Crippen molar-refractivity contribution in [2.75, 3.05) is 0 Å². The third-order valence-corrected chi connectivity index (χ3v) is 8.98. The second-order valence-electron chi connectivity index (χ2n) is 10.8. The highest BCUT2D eigenvalue weighted by atomic mass is 16.7. The van der Waals surface area contributed by atoms with Crippen molar-refractivity contribution in [2.24, 2.45) is 28.1 Å². The van der Waals surface area contributed by atoms with E-state index in [1.165, 1.54) is 6.92 Å². The molecule has 2 bridgehead atoms. The molecule has 2 aliphatic carbocycles. The van der Waals surface area contributed by atoms with Gasteiger partial charge in [-0.25, -0.2) is 9.59 Å². The maximum atomic E-state index is 13.4. The molecule has 0 aromatic heterocycles. The first kappa shape index (κ1) is 19.9. The molecule has 2 spiro atoms. The van der Waals surface area contributed by atoms with Gasteiger partial charge in [-0.15, -0.1) is 0 Å². The highest BCUT2D eigenvalue weighted by Crippen LogP contribution is 2.84. The third-order valence-electron chi connectivity index (χ3n) is 8.98. The Morgan fingerprint density at radius 2 is 1.58 bits per heavy atom. The van der Waals surface area contributed by atoms with Crippen LogP contribution in [0.25, 0.3) is 0 Å². The highest BCUT2D eigenvalue weighted by Gasteiger charge is 3.04. The van der Waals surface area contributed by atoms with Crippen LogP contribution in [0.4, 0.5) is 0 Å². The lowest BCUT2D eigenvalue weighted by Crippen LogP contribution is -2.68. The van der Waals surface area contributed by atoms with Crippen LogP contribution in [0.5, 0.6) is 0 Å². The fraction of sp³-hybridized carbons (Fsp3) is 0.850. The van der Waals surface area contributed by atoms with Crippen LogP contribution >= 0.6 is 0 Å². The lowest BCUT2D eigenvalue weighted by molar-refractivity contribution is -0.265. The van der Waals surface area contributed by atoms with Gasteiger partial charge in [-0.3, -0.25) is 4.79 Å². The molecule has 6 rings (SSSR count). The van der Waals surface area contributed by atoms with Crippen LogP contribution in [0.15, 0.2) is 0 Å². The van der Waals surface area contributed by atoms with E-state index in [9.17, 15) is 34.8 Å². The molecule has 170 valence electrons. The molecule has 2 saturated carbocycles. The van der Waals surface area contributed by atoms with E-state index in [1.54, 1.807) is 20.8 Å². The van der Waals surface area contributed by atoms with Crippen LogP contribution < -0.4 is 0 Å². The Bertz CT molecular complexity index is 957. The second-order valence-corrected chi connectivity index (χ2v) is 10.8. The Hall–Kier alpha value is -1.79. The Kier molecular flexibility index (Phi) is 3.15. The number of rotatable bonds is 0. The lowest BCUT2D eigenvalue weighted by atomic mass is 9.50. The van der Waals surface area contributed by atoms with E-state index in [-0.39, 0.29) is 0 Å². The van der Waals surface area contributed by atoms with E-state index >= 15 is 0 Å². The van der Waals surface area contributed by atoms with Gasteiger partial charge in [-0.05, 0) is 12.3 Å². The number of aliphatic hydroxyl groups excluding tert-OH is 3. The summed E-state index contributed by atoms with van der Waals surface area (Å²) in [6.07, 6.45) is -9.77. The topological polar surface area (TPSA) is 169 Å². The summed E-state index contributed by atoms with van der Waals surface area (Å²) in [6, 6.07) is 0. The molecule has 6 aliphatic rings. The standard InChI is InChI=1S/C20H24O11/c1-5-12(23)29-11-8(21)18-10-6-7(16(2,3)4)17(18,9(22)13(24)28-6)14(25)31-20(18,15(26)30-10)19(5,11)27/h5-11,14,21-22,25,27H,1-4H3/t5-,6+,7+,8+,9+,10?,11+,14?,17?,18?,19-,20+/m1/s1. The maximum absolute atomic E-state index is 13.4. The highest BCUT2D eigenvalue weighted by molar-refractivity contribution is 5.94. The van der Waals surface area contributed by atoms with E-state index in [4.69, 9.17) is 18.9 Å². The third kappa shape index (κ3) is 1.43. The second kappa shape index (κ2) is 4.91. The molecule has 11 heteroatoms. The molecule has 4 heterocycles. The summed E-state index contributed by atoms with van der Waals surface area (Å²) in [5.74, 6) is -5.15. The number of fused-ring (bicyclic) bond motifs is 3. The van der Waals surface area contributed by atoms with Crippen molar-refractivity contribution < 1.29 is 53.8 Å². The van der Waals surface area contributed by atoms with Crippen LogP contribution in [-0.2, 0) is 33.3 Å². The van der Waals surface area contributed by atoms with Crippen LogP contribution in [0.3, 0.4) is 0 Å². The fourth-order valence-corrected chi connectivity index (χ4v) is 8.29. The summed E-state index contributed by atoms with van der Waals surface area (Å²) in [5.41, 5.74) is -9.55. The number of hydrogen-bond acceptors (Lipinski definition) is 11. The molecular weight excluding hydrogens is 416 g/mol. The summed E-state index contributed by atoms with van der Waals surface area (Å²) in [6.45, 7) is 6.71. The minimum absolute atomic E-state index is 0.736. The van der Waals surface area contributed by atoms with Crippen LogP contribution in [0.2, 0.25) is 0 Å². The molecule has 4 unspecified atom stereocenters. The van der Waals surface area contributed by atoms with Gasteiger partial charge >= 0.3 is 17.9 Å². The average molecular weight is 440 g/mol. The van der Waals surface area contributed by atoms with E-state index in [0.717, 1.165) is 0 Å². The molecule has 4 saturated heterocycles. The lowest BCUT2D eigenvalue weighted by Gasteiger charge is -2.52. The molecule has 0 aromatic rings. The summed E-state index contributed by atoms with van der Waals surface area (Å²) in [7, 11) is 0. The largest absolute Gasteiger partial charge is 0.456 e. The molecular formula is C20H24O11. The van der Waals surface area contributed by atoms with Gasteiger partial charge in [0.15, 0.2) is 30.2 Å². The first-order valence-electron chi connectivity index (χ1n) is 10.3. The van der Waals surface area contributed by atoms with Gasteiger partial charge in [0, 0.05) is 5.92 Å². The zero-order valence-electron chi connectivity index (χ0n) is 17.3. The molecule has 31 heavy (non-hydrogen) atoms. The normalized spacial score (nSPS) is 61.0. The summed E-state index contributed by atoms with van der Waals surface area (Å²) >= 11 is 0. The number of aliphatic hydroxyl groups is 4. The summed E-state index contributed by atoms with van der Waals surface area (Å²) < 4.78 is 22.3. The minimum Gasteiger partial charge on any atom is -0.456 e. The molecule has 0 radical (unpaired) electrons. The van der Waals surface area contributed by atoms with Crippen molar-refractivity contribution >= 4 is 17.9 Å². The molecule has 0 aromatic carbocycles. The van der Waals surface area contributed by atoms with Gasteiger partial charge in [0.25, 0.3) is 0 Å². The fourth-order valence-electron chi connectivity index (χ4n) is 8.29. The van der Waals surface area contributed by atoms with E-state index in [2.05, 4.69) is 0 Å². The molecule has 12 atom stereocenters. The Morgan fingerprint density at radius 1 is 0.935 bits per heavy atom. The number of carbonyl (C=O) groups excluding carboxylic acids is 3. The molecule has 0 amide bonds. The van der Waals surface area contributed by atoms with Crippen molar-refractivity contribution in [1.29, 1.82) is 0 Å². The van der Waals surface area contributed by atoms with Gasteiger partial charge in [-0.2, -0.15) is 0 Å². The quantitative estimate of drug-likeness (QED) is 0.234. The average Bonchev–Trinajstić information content (AvgIpc) is 3.28. The van der Waals surface area contributed by atoms with Crippen LogP contribution in [0, 0.1) is 28.1 Å². The van der Waals surface area contributed by atoms with Gasteiger partial charge < -0.3 is 39.4 Å². The Morgan fingerprint density at radius 3 is 2.19 bits per heavy atom. The van der Waals surface area contributed by atoms with E-state index < -0.39 is 94.0 Å². The molecule has 4 N–H and O–H groups in total. The van der Waals surface area contributed by atoms with Gasteiger partial charge in [0.2, 0.25) is 5.60 Å². The molecule has 11 nitrogen and oxygen atoms in total. The van der Waals surface area contributed by atoms with Gasteiger partial charge in [0.1, 0.15) is 12.2 Å². The minimum atomic E-state index is -2.45. The monoisotopic (exact) mass is 440 g/mol. The number of ether oxygens (including phenoxy) is 4. The van der Waals surface area contributed by atoms with Crippen molar-refractivity contribution in [2.45, 2.75) is 75.7 Å². The zero-order valence-corrected chi connectivity index (χ0v) is 17.3. The maximum Gasteiger partial charge on any atom is 0.343 e. The zero-order chi connectivity index (χ0) is 22.7. The van der Waals surface area contributed by atoms with E-state index in [0.29, 0.717) is 0 Å². The van der Waals surface area contributed by atoms with Crippen molar-refractivity contribution in [3.8, 4) is 0 Å². The van der Waals surface area contributed by atoms with Crippen molar-refractivity contribution in [1.82, 2.24) is 0 Å². The van der Waals surface area contributed by atoms with Crippen molar-refractivity contribution in [3.05, 3.63) is 0 Å². The number of esters is 3. The molecule has 6 fully saturated rings. The van der Waals surface area contributed by atoms with Crippen LogP contribution in [-0.4, -0.2) is 86.3 Å². The van der Waals surface area contributed by atoms with Gasteiger partial charge in [0.05, 0.1) is 16.7 Å². The Balaban J connectivity index is 1.75. The molecule has 4 aliphatic heterocycles. The predicted octanol–water partition coefficient (Wildman–Crippen LogP) is -2.40.